The second kappa shape index (κ2) is 9.19. The number of carbonyl (C=O) groups excluding carboxylic acids is 1. The summed E-state index contributed by atoms with van der Waals surface area (Å²) in [5.74, 6) is -10.2. The maximum atomic E-state index is 14.2. The largest absolute Gasteiger partial charge is 0.460 e. The normalized spacial score (nSPS) is 20.5. The van der Waals surface area contributed by atoms with Crippen LogP contribution >= 0.6 is 34.8 Å². The van der Waals surface area contributed by atoms with E-state index in [1.807, 2.05) is 0 Å². The van der Waals surface area contributed by atoms with E-state index in [2.05, 4.69) is 0 Å². The number of allylic oxidation sites excluding steroid dienone is 3. The number of ether oxygens (including phenoxy) is 1. The monoisotopic (exact) mass is 512 g/mol. The van der Waals surface area contributed by atoms with Crippen LogP contribution in [0.3, 0.4) is 0 Å². The number of carbonyl (C=O) groups is 1. The molecule has 1 fully saturated rings. The highest BCUT2D eigenvalue weighted by molar-refractivity contribution is 6.55. The van der Waals surface area contributed by atoms with E-state index in [0.29, 0.717) is 6.08 Å². The third-order valence-electron chi connectivity index (χ3n) is 5.03. The van der Waals surface area contributed by atoms with Gasteiger partial charge in [-0.3, -0.25) is 4.79 Å². The van der Waals surface area contributed by atoms with E-state index in [-0.39, 0.29) is 4.49 Å². The van der Waals surface area contributed by atoms with Crippen molar-refractivity contribution in [3.8, 4) is 0 Å². The van der Waals surface area contributed by atoms with Crippen molar-refractivity contribution in [3.05, 3.63) is 56.1 Å². The first-order valence-corrected chi connectivity index (χ1v) is 9.70. The fraction of sp³-hybridized carbons (Fsp3) is 0.421. The molecule has 0 spiro atoms. The molecule has 12 heteroatoms. The van der Waals surface area contributed by atoms with E-state index < -0.39 is 81.9 Å². The van der Waals surface area contributed by atoms with E-state index in [4.69, 9.17) is 39.5 Å². The van der Waals surface area contributed by atoms with Crippen molar-refractivity contribution in [1.29, 1.82) is 0 Å². The van der Waals surface area contributed by atoms with Crippen LogP contribution in [0.1, 0.15) is 25.0 Å². The summed E-state index contributed by atoms with van der Waals surface area (Å²) in [7, 11) is 0. The Balaban J connectivity index is 2.20. The quantitative estimate of drug-likeness (QED) is 0.230. The molecule has 0 bridgehead atoms. The maximum absolute atomic E-state index is 14.2. The van der Waals surface area contributed by atoms with Crippen LogP contribution in [-0.4, -0.2) is 12.1 Å². The standard InChI is InChI=1S/C19H14Cl3F7O2/c1-18(2)9(5-10(20)19(27,28)29)12(18)17(30)31-6-8-15(25)13(23)7(3-4-11(21)22)14(24)16(8)26/h4-5,9,12H,3,6H2,1-2H3/b10-5-/t9-,12-/m1/s1. The minimum atomic E-state index is -4.80. The van der Waals surface area contributed by atoms with E-state index in [9.17, 15) is 35.5 Å². The molecule has 2 rings (SSSR count). The van der Waals surface area contributed by atoms with E-state index in [1.54, 1.807) is 0 Å². The number of alkyl halides is 3. The Kier molecular flexibility index (Phi) is 7.65. The molecule has 1 aromatic rings. The molecule has 0 heterocycles. The fourth-order valence-corrected chi connectivity index (χ4v) is 3.42. The maximum Gasteiger partial charge on any atom is 0.426 e. The van der Waals surface area contributed by atoms with Crippen LogP contribution < -0.4 is 0 Å². The van der Waals surface area contributed by atoms with Crippen LogP contribution in [0.2, 0.25) is 0 Å². The average Bonchev–Trinajstić information content (AvgIpc) is 3.18. The highest BCUT2D eigenvalue weighted by Crippen LogP contribution is 2.60. The number of esters is 1. The Morgan fingerprint density at radius 1 is 1.00 bits per heavy atom. The molecule has 0 unspecified atom stereocenters. The summed E-state index contributed by atoms with van der Waals surface area (Å²) >= 11 is 15.8. The number of hydrogen-bond donors (Lipinski definition) is 0. The van der Waals surface area contributed by atoms with Gasteiger partial charge in [-0.15, -0.1) is 0 Å². The van der Waals surface area contributed by atoms with Crippen molar-refractivity contribution in [3.63, 3.8) is 0 Å². The van der Waals surface area contributed by atoms with Gasteiger partial charge in [0.15, 0.2) is 23.3 Å². The lowest BCUT2D eigenvalue weighted by Gasteiger charge is -2.12. The first-order valence-electron chi connectivity index (χ1n) is 8.56. The molecule has 0 amide bonds. The first-order chi connectivity index (χ1) is 14.1. The third-order valence-corrected chi connectivity index (χ3v) is 5.67. The van der Waals surface area contributed by atoms with E-state index in [1.165, 1.54) is 13.8 Å². The summed E-state index contributed by atoms with van der Waals surface area (Å²) in [4.78, 5) is 12.2. The molecular weight excluding hydrogens is 500 g/mol. The summed E-state index contributed by atoms with van der Waals surface area (Å²) in [5, 5.41) is -1.43. The molecule has 172 valence electrons. The van der Waals surface area contributed by atoms with Gasteiger partial charge in [-0.25, -0.2) is 17.6 Å². The van der Waals surface area contributed by atoms with Crippen LogP contribution in [0.4, 0.5) is 30.7 Å². The molecule has 0 saturated heterocycles. The van der Waals surface area contributed by atoms with E-state index >= 15 is 0 Å². The van der Waals surface area contributed by atoms with Gasteiger partial charge in [0.25, 0.3) is 0 Å². The highest BCUT2D eigenvalue weighted by Gasteiger charge is 2.62. The van der Waals surface area contributed by atoms with Gasteiger partial charge in [-0.05, 0) is 23.8 Å². The molecule has 1 aromatic carbocycles. The number of halogens is 10. The molecule has 2 atom stereocenters. The van der Waals surface area contributed by atoms with Crippen LogP contribution in [0.5, 0.6) is 0 Å². The Morgan fingerprint density at radius 3 is 1.94 bits per heavy atom. The topological polar surface area (TPSA) is 26.3 Å². The van der Waals surface area contributed by atoms with Gasteiger partial charge in [0.05, 0.1) is 11.5 Å². The predicted octanol–water partition coefficient (Wildman–Crippen LogP) is 7.10. The summed E-state index contributed by atoms with van der Waals surface area (Å²) < 4.78 is 98.8. The molecular formula is C19H14Cl3F7O2. The highest BCUT2D eigenvalue weighted by atomic mass is 35.5. The van der Waals surface area contributed by atoms with Crippen LogP contribution in [-0.2, 0) is 22.6 Å². The van der Waals surface area contributed by atoms with E-state index in [0.717, 1.165) is 6.08 Å². The van der Waals surface area contributed by atoms with Crippen molar-refractivity contribution < 1.29 is 40.3 Å². The summed E-state index contributed by atoms with van der Waals surface area (Å²) in [6, 6.07) is 0. The molecule has 1 aliphatic rings. The predicted molar refractivity (Wildman–Crippen MR) is 100 cm³/mol. The number of rotatable bonds is 6. The van der Waals surface area contributed by atoms with Crippen molar-refractivity contribution in [1.82, 2.24) is 0 Å². The summed E-state index contributed by atoms with van der Waals surface area (Å²) in [6.45, 7) is 1.75. The average molecular weight is 514 g/mol. The molecule has 1 aliphatic carbocycles. The first kappa shape index (κ1) is 25.8. The van der Waals surface area contributed by atoms with Gasteiger partial charge in [0.1, 0.15) is 16.1 Å². The summed E-state index contributed by atoms with van der Waals surface area (Å²) in [6.07, 6.45) is -3.88. The van der Waals surface area contributed by atoms with Crippen molar-refractivity contribution in [2.75, 3.05) is 0 Å². The second-order valence-electron chi connectivity index (χ2n) is 7.36. The molecule has 2 nitrogen and oxygen atoms in total. The Hall–Kier alpha value is -1.45. The minimum Gasteiger partial charge on any atom is -0.460 e. The van der Waals surface area contributed by atoms with Gasteiger partial charge >= 0.3 is 12.1 Å². The number of benzene rings is 1. The van der Waals surface area contributed by atoms with Crippen LogP contribution in [0.25, 0.3) is 0 Å². The van der Waals surface area contributed by atoms with Crippen molar-refractivity contribution in [2.45, 2.75) is 33.1 Å². The zero-order valence-electron chi connectivity index (χ0n) is 15.8. The lowest BCUT2D eigenvalue weighted by atomic mass is 10.1. The van der Waals surface area contributed by atoms with Gasteiger partial charge < -0.3 is 4.74 Å². The Morgan fingerprint density at radius 2 is 1.48 bits per heavy atom. The van der Waals surface area contributed by atoms with Gasteiger partial charge in [-0.2, -0.15) is 13.2 Å². The number of hydrogen-bond acceptors (Lipinski definition) is 2. The van der Waals surface area contributed by atoms with Crippen LogP contribution in [0, 0.1) is 40.5 Å². The molecule has 0 aromatic heterocycles. The lowest BCUT2D eigenvalue weighted by Crippen LogP contribution is -2.15. The zero-order chi connectivity index (χ0) is 23.9. The summed E-state index contributed by atoms with van der Waals surface area (Å²) in [5.41, 5.74) is -3.14. The van der Waals surface area contributed by atoms with Gasteiger partial charge in [0, 0.05) is 5.56 Å². The Labute approximate surface area is 187 Å². The second-order valence-corrected chi connectivity index (χ2v) is 8.77. The zero-order valence-corrected chi connectivity index (χ0v) is 18.1. The van der Waals surface area contributed by atoms with Crippen LogP contribution in [0.15, 0.2) is 21.7 Å². The molecule has 1 saturated carbocycles. The minimum absolute atomic E-state index is 0.376. The third kappa shape index (κ3) is 5.49. The Bertz CT molecular complexity index is 922. The molecule has 0 aliphatic heterocycles. The molecule has 0 radical (unpaired) electrons. The lowest BCUT2D eigenvalue weighted by molar-refractivity contribution is -0.147. The SMILES string of the molecule is CC1(C)[C@H](/C=C(\Cl)C(F)(F)F)[C@@H]1C(=O)OCc1c(F)c(F)c(CC=C(Cl)Cl)c(F)c1F. The van der Waals surface area contributed by atoms with Gasteiger partial charge in [-0.1, -0.05) is 54.7 Å². The smallest absolute Gasteiger partial charge is 0.426 e. The molecule has 31 heavy (non-hydrogen) atoms. The fourth-order valence-electron chi connectivity index (χ4n) is 3.13. The van der Waals surface area contributed by atoms with Crippen molar-refractivity contribution >= 4 is 40.8 Å². The molecule has 0 N–H and O–H groups in total. The van der Waals surface area contributed by atoms with Crippen molar-refractivity contribution in [2.24, 2.45) is 17.3 Å². The van der Waals surface area contributed by atoms with Gasteiger partial charge in [0.2, 0.25) is 0 Å².